The Balaban J connectivity index is 2.28. The van der Waals surface area contributed by atoms with E-state index in [0.717, 1.165) is 25.3 Å². The predicted octanol–water partition coefficient (Wildman–Crippen LogP) is 1.86. The maximum atomic E-state index is 12.4. The molecule has 0 radical (unpaired) electrons. The normalized spacial score (nSPS) is 16.5. The Morgan fingerprint density at radius 1 is 1.48 bits per heavy atom. The van der Waals surface area contributed by atoms with Crippen LogP contribution in [0.3, 0.4) is 0 Å². The monoisotopic (exact) mass is 313 g/mol. The van der Waals surface area contributed by atoms with Crippen LogP contribution in [0, 0.1) is 5.92 Å². The van der Waals surface area contributed by atoms with Crippen molar-refractivity contribution in [1.29, 1.82) is 0 Å². The lowest BCUT2D eigenvalue weighted by Gasteiger charge is -2.16. The third kappa shape index (κ3) is 3.95. The van der Waals surface area contributed by atoms with E-state index >= 15 is 0 Å². The number of hydrogen-bond acceptors (Lipinski definition) is 4. The first-order chi connectivity index (χ1) is 9.83. The van der Waals surface area contributed by atoms with Crippen molar-refractivity contribution in [3.8, 4) is 5.75 Å². The average Bonchev–Trinajstić information content (AvgIpc) is 3.20. The number of hydrogen-bond donors (Lipinski definition) is 2. The van der Waals surface area contributed by atoms with Crippen molar-refractivity contribution in [2.24, 2.45) is 5.92 Å². The molecule has 1 fully saturated rings. The summed E-state index contributed by atoms with van der Waals surface area (Å²) in [7, 11) is -2.46. The van der Waals surface area contributed by atoms with Crippen molar-refractivity contribution in [3.63, 3.8) is 0 Å². The van der Waals surface area contributed by atoms with Gasteiger partial charge in [-0.25, -0.2) is 17.9 Å². The molecule has 1 aliphatic carbocycles. The summed E-state index contributed by atoms with van der Waals surface area (Å²) in [5.41, 5.74) is -0.0916. The zero-order valence-electron chi connectivity index (χ0n) is 12.0. The minimum atomic E-state index is -3.81. The van der Waals surface area contributed by atoms with Crippen molar-refractivity contribution in [3.05, 3.63) is 23.8 Å². The van der Waals surface area contributed by atoms with E-state index in [-0.39, 0.29) is 22.3 Å². The summed E-state index contributed by atoms with van der Waals surface area (Å²) in [6.07, 6.45) is 3.08. The van der Waals surface area contributed by atoms with E-state index in [1.54, 1.807) is 0 Å². The van der Waals surface area contributed by atoms with E-state index in [4.69, 9.17) is 9.84 Å². The number of rotatable bonds is 7. The molecule has 1 unspecified atom stereocenters. The first-order valence-corrected chi connectivity index (χ1v) is 8.25. The molecular formula is C14H19NO5S. The van der Waals surface area contributed by atoms with Gasteiger partial charge in [-0.1, -0.05) is 12.8 Å². The van der Waals surface area contributed by atoms with Gasteiger partial charge in [0.05, 0.1) is 12.7 Å². The Morgan fingerprint density at radius 2 is 2.14 bits per heavy atom. The van der Waals surface area contributed by atoms with Crippen molar-refractivity contribution in [1.82, 2.24) is 4.72 Å². The summed E-state index contributed by atoms with van der Waals surface area (Å²) in [6.45, 7) is 1.81. The standard InChI is InChI=1S/C14H19NO5S/c1-9(7-10-3-4-10)15-21(18,19)13-8-11(14(16)17)5-6-12(13)20-2/h5-6,8-10,15H,3-4,7H2,1-2H3,(H,16,17). The fraction of sp³-hybridized carbons (Fsp3) is 0.500. The van der Waals surface area contributed by atoms with Gasteiger partial charge in [0.2, 0.25) is 10.0 Å². The highest BCUT2D eigenvalue weighted by Crippen LogP contribution is 2.34. The van der Waals surface area contributed by atoms with Gasteiger partial charge in [-0.2, -0.15) is 0 Å². The zero-order chi connectivity index (χ0) is 15.6. The molecule has 2 rings (SSSR count). The quantitative estimate of drug-likeness (QED) is 0.801. The highest BCUT2D eigenvalue weighted by atomic mass is 32.2. The average molecular weight is 313 g/mol. The van der Waals surface area contributed by atoms with Crippen LogP contribution in [0.5, 0.6) is 5.75 Å². The lowest BCUT2D eigenvalue weighted by Crippen LogP contribution is -2.33. The van der Waals surface area contributed by atoms with Crippen LogP contribution < -0.4 is 9.46 Å². The number of carbonyl (C=O) groups is 1. The van der Waals surface area contributed by atoms with E-state index in [9.17, 15) is 13.2 Å². The highest BCUT2D eigenvalue weighted by molar-refractivity contribution is 7.89. The largest absolute Gasteiger partial charge is 0.495 e. The lowest BCUT2D eigenvalue weighted by atomic mass is 10.2. The third-order valence-corrected chi connectivity index (χ3v) is 5.05. The first kappa shape index (κ1) is 15.8. The molecule has 0 aromatic heterocycles. The molecule has 0 spiro atoms. The fourth-order valence-electron chi connectivity index (χ4n) is 2.25. The van der Waals surface area contributed by atoms with E-state index < -0.39 is 16.0 Å². The third-order valence-electron chi connectivity index (χ3n) is 3.44. The molecule has 1 aromatic rings. The molecule has 0 heterocycles. The van der Waals surface area contributed by atoms with Crippen LogP contribution >= 0.6 is 0 Å². The fourth-order valence-corrected chi connectivity index (χ4v) is 3.70. The Labute approximate surface area is 124 Å². The molecule has 21 heavy (non-hydrogen) atoms. The Morgan fingerprint density at radius 3 is 2.67 bits per heavy atom. The van der Waals surface area contributed by atoms with Crippen LogP contribution in [0.15, 0.2) is 23.1 Å². The molecule has 2 N–H and O–H groups in total. The van der Waals surface area contributed by atoms with Crippen LogP contribution in [0.4, 0.5) is 0 Å². The molecule has 7 heteroatoms. The molecule has 0 saturated heterocycles. The maximum absolute atomic E-state index is 12.4. The van der Waals surface area contributed by atoms with Gasteiger partial charge in [-0.3, -0.25) is 0 Å². The topological polar surface area (TPSA) is 92.7 Å². The van der Waals surface area contributed by atoms with Crippen LogP contribution in [0.25, 0.3) is 0 Å². The zero-order valence-corrected chi connectivity index (χ0v) is 12.8. The number of methoxy groups -OCH3 is 1. The Bertz CT molecular complexity index is 637. The van der Waals surface area contributed by atoms with E-state index in [0.29, 0.717) is 5.92 Å². The SMILES string of the molecule is COc1ccc(C(=O)O)cc1S(=O)(=O)NC(C)CC1CC1. The van der Waals surface area contributed by atoms with Gasteiger partial charge >= 0.3 is 5.97 Å². The van der Waals surface area contributed by atoms with Gasteiger partial charge in [0.25, 0.3) is 0 Å². The Kier molecular flexibility index (Phi) is 4.53. The summed E-state index contributed by atoms with van der Waals surface area (Å²) >= 11 is 0. The van der Waals surface area contributed by atoms with Crippen molar-refractivity contribution in [2.45, 2.75) is 37.1 Å². The lowest BCUT2D eigenvalue weighted by molar-refractivity contribution is 0.0696. The minimum Gasteiger partial charge on any atom is -0.495 e. The second-order valence-electron chi connectivity index (χ2n) is 5.37. The molecule has 1 atom stereocenters. The number of carboxylic acids is 1. The number of carboxylic acid groups (broad SMARTS) is 1. The predicted molar refractivity (Wildman–Crippen MR) is 77.1 cm³/mol. The van der Waals surface area contributed by atoms with Gasteiger partial charge in [-0.15, -0.1) is 0 Å². The summed E-state index contributed by atoms with van der Waals surface area (Å²) < 4.78 is 32.4. The van der Waals surface area contributed by atoms with E-state index in [1.807, 2.05) is 6.92 Å². The summed E-state index contributed by atoms with van der Waals surface area (Å²) in [4.78, 5) is 10.9. The van der Waals surface area contributed by atoms with Crippen molar-refractivity contribution >= 4 is 16.0 Å². The first-order valence-electron chi connectivity index (χ1n) is 6.77. The second-order valence-corrected chi connectivity index (χ2v) is 7.05. The number of benzene rings is 1. The maximum Gasteiger partial charge on any atom is 0.335 e. The van der Waals surface area contributed by atoms with Gasteiger partial charge in [0.15, 0.2) is 0 Å². The van der Waals surface area contributed by atoms with Crippen LogP contribution in [-0.2, 0) is 10.0 Å². The van der Waals surface area contributed by atoms with Gasteiger partial charge < -0.3 is 9.84 Å². The van der Waals surface area contributed by atoms with E-state index in [2.05, 4.69) is 4.72 Å². The molecule has 0 aliphatic heterocycles. The van der Waals surface area contributed by atoms with E-state index in [1.165, 1.54) is 19.2 Å². The number of ether oxygens (including phenoxy) is 1. The summed E-state index contributed by atoms with van der Waals surface area (Å²) in [5.74, 6) is -0.457. The molecule has 1 saturated carbocycles. The summed E-state index contributed by atoms with van der Waals surface area (Å²) in [5, 5.41) is 8.99. The highest BCUT2D eigenvalue weighted by Gasteiger charge is 2.28. The van der Waals surface area contributed by atoms with Crippen LogP contribution in [0.1, 0.15) is 36.5 Å². The van der Waals surface area contributed by atoms with Gasteiger partial charge in [0.1, 0.15) is 10.6 Å². The Hall–Kier alpha value is -1.60. The molecular weight excluding hydrogens is 294 g/mol. The van der Waals surface area contributed by atoms with Gasteiger partial charge in [0, 0.05) is 6.04 Å². The smallest absolute Gasteiger partial charge is 0.335 e. The summed E-state index contributed by atoms with van der Waals surface area (Å²) in [6, 6.07) is 3.59. The molecule has 0 bridgehead atoms. The number of sulfonamides is 1. The van der Waals surface area contributed by atoms with Crippen molar-refractivity contribution in [2.75, 3.05) is 7.11 Å². The molecule has 0 amide bonds. The molecule has 6 nitrogen and oxygen atoms in total. The second kappa shape index (κ2) is 6.03. The molecule has 116 valence electrons. The van der Waals surface area contributed by atoms with Gasteiger partial charge in [-0.05, 0) is 37.5 Å². The number of nitrogens with one attached hydrogen (secondary N) is 1. The minimum absolute atomic E-state index is 0.0916. The molecule has 1 aromatic carbocycles. The number of aromatic carboxylic acids is 1. The molecule has 1 aliphatic rings. The van der Waals surface area contributed by atoms with Crippen molar-refractivity contribution < 1.29 is 23.1 Å². The van der Waals surface area contributed by atoms with Crippen LogP contribution in [-0.4, -0.2) is 32.6 Å². The van der Waals surface area contributed by atoms with Crippen LogP contribution in [0.2, 0.25) is 0 Å².